The molecule has 0 saturated heterocycles. The Balaban J connectivity index is 0.00000196. The van der Waals surface area contributed by atoms with Crippen LogP contribution in [0.25, 0.3) is 21.3 Å². The van der Waals surface area contributed by atoms with Gasteiger partial charge in [-0.1, -0.05) is 30.3 Å². The highest BCUT2D eigenvalue weighted by Crippen LogP contribution is 2.37. The summed E-state index contributed by atoms with van der Waals surface area (Å²) in [7, 11) is 0. The lowest BCUT2D eigenvalue weighted by molar-refractivity contribution is 1.23. The number of aryl methyl sites for hydroxylation is 3. The lowest BCUT2D eigenvalue weighted by Gasteiger charge is -2.10. The molecular weight excluding hydrogens is 362 g/mol. The summed E-state index contributed by atoms with van der Waals surface area (Å²) in [5.41, 5.74) is 7.24. The Bertz CT molecular complexity index is 1070. The van der Waals surface area contributed by atoms with Gasteiger partial charge in [0, 0.05) is 16.6 Å². The summed E-state index contributed by atoms with van der Waals surface area (Å²) in [6.07, 6.45) is 1.63. The molecule has 2 heterocycles. The van der Waals surface area contributed by atoms with Gasteiger partial charge >= 0.3 is 0 Å². The molecule has 2 aromatic carbocycles. The molecular formula is C21H20ClN3S. The quantitative estimate of drug-likeness (QED) is 0.443. The third kappa shape index (κ3) is 3.43. The van der Waals surface area contributed by atoms with Crippen molar-refractivity contribution in [3.8, 4) is 11.1 Å². The van der Waals surface area contributed by atoms with E-state index in [2.05, 4.69) is 77.8 Å². The summed E-state index contributed by atoms with van der Waals surface area (Å²) >= 11 is 1.66. The lowest BCUT2D eigenvalue weighted by atomic mass is 10.0. The van der Waals surface area contributed by atoms with Gasteiger partial charge in [-0.15, -0.1) is 23.7 Å². The second-order valence-electron chi connectivity index (χ2n) is 6.35. The van der Waals surface area contributed by atoms with Crippen molar-refractivity contribution in [3.05, 3.63) is 70.9 Å². The Morgan fingerprint density at radius 3 is 2.54 bits per heavy atom. The van der Waals surface area contributed by atoms with Crippen molar-refractivity contribution in [2.24, 2.45) is 0 Å². The van der Waals surface area contributed by atoms with Gasteiger partial charge in [0.05, 0.1) is 5.39 Å². The van der Waals surface area contributed by atoms with Gasteiger partial charge in [0.25, 0.3) is 0 Å². The Hall–Kier alpha value is -2.43. The van der Waals surface area contributed by atoms with Crippen molar-refractivity contribution in [1.29, 1.82) is 0 Å². The molecule has 0 amide bonds. The van der Waals surface area contributed by atoms with E-state index in [1.54, 1.807) is 17.7 Å². The minimum atomic E-state index is 0. The predicted molar refractivity (Wildman–Crippen MR) is 114 cm³/mol. The van der Waals surface area contributed by atoms with E-state index in [-0.39, 0.29) is 12.4 Å². The summed E-state index contributed by atoms with van der Waals surface area (Å²) in [6, 6.07) is 14.9. The Kier molecular flexibility index (Phi) is 5.25. The maximum atomic E-state index is 4.51. The predicted octanol–water partition coefficient (Wildman–Crippen LogP) is 6.45. The van der Waals surface area contributed by atoms with E-state index in [0.717, 1.165) is 21.7 Å². The van der Waals surface area contributed by atoms with Crippen molar-refractivity contribution in [2.45, 2.75) is 20.8 Å². The zero-order chi connectivity index (χ0) is 17.4. The van der Waals surface area contributed by atoms with E-state index >= 15 is 0 Å². The summed E-state index contributed by atoms with van der Waals surface area (Å²) in [6.45, 7) is 6.38. The second-order valence-corrected chi connectivity index (χ2v) is 7.20. The Labute approximate surface area is 163 Å². The number of halogens is 1. The highest BCUT2D eigenvalue weighted by molar-refractivity contribution is 7.17. The third-order valence-electron chi connectivity index (χ3n) is 4.47. The van der Waals surface area contributed by atoms with E-state index in [4.69, 9.17) is 0 Å². The molecule has 1 N–H and O–H groups in total. The number of rotatable bonds is 3. The number of hydrogen-bond acceptors (Lipinski definition) is 4. The van der Waals surface area contributed by atoms with Gasteiger partial charge in [0.15, 0.2) is 0 Å². The molecule has 0 spiro atoms. The van der Waals surface area contributed by atoms with E-state index in [1.807, 2.05) is 6.07 Å². The summed E-state index contributed by atoms with van der Waals surface area (Å²) in [4.78, 5) is 9.97. The molecule has 0 unspecified atom stereocenters. The van der Waals surface area contributed by atoms with Crippen LogP contribution in [-0.4, -0.2) is 9.97 Å². The van der Waals surface area contributed by atoms with E-state index in [9.17, 15) is 0 Å². The Morgan fingerprint density at radius 1 is 0.923 bits per heavy atom. The van der Waals surface area contributed by atoms with Crippen LogP contribution in [0.15, 0.2) is 54.2 Å². The highest BCUT2D eigenvalue weighted by atomic mass is 35.5. The molecule has 0 atom stereocenters. The van der Waals surface area contributed by atoms with Crippen molar-refractivity contribution < 1.29 is 0 Å². The lowest BCUT2D eigenvalue weighted by Crippen LogP contribution is -1.96. The molecule has 3 nitrogen and oxygen atoms in total. The standard InChI is InChI=1S/C21H19N3S.ClH/c1-13-5-4-6-17(9-13)24-20-19-18(11-25-21(19)23-12-22-20)16-8-7-14(2)15(3)10-16;/h4-12H,1-3H3,(H,22,23,24);1H. The molecule has 4 rings (SSSR count). The van der Waals surface area contributed by atoms with Crippen molar-refractivity contribution in [2.75, 3.05) is 5.32 Å². The molecule has 0 fully saturated rings. The van der Waals surface area contributed by atoms with E-state index < -0.39 is 0 Å². The van der Waals surface area contributed by atoms with Crippen LogP contribution in [0.2, 0.25) is 0 Å². The molecule has 132 valence electrons. The average molecular weight is 382 g/mol. The maximum absolute atomic E-state index is 4.51. The zero-order valence-corrected chi connectivity index (χ0v) is 16.5. The third-order valence-corrected chi connectivity index (χ3v) is 5.36. The number of nitrogens with zero attached hydrogens (tertiary/aromatic N) is 2. The summed E-state index contributed by atoms with van der Waals surface area (Å²) in [5, 5.41) is 6.72. The molecule has 0 aliphatic carbocycles. The molecule has 0 bridgehead atoms. The van der Waals surface area contributed by atoms with Crippen LogP contribution < -0.4 is 5.32 Å². The minimum Gasteiger partial charge on any atom is -0.340 e. The van der Waals surface area contributed by atoms with Crippen LogP contribution in [0.5, 0.6) is 0 Å². The monoisotopic (exact) mass is 381 g/mol. The van der Waals surface area contributed by atoms with Crippen LogP contribution >= 0.6 is 23.7 Å². The topological polar surface area (TPSA) is 37.8 Å². The van der Waals surface area contributed by atoms with E-state index in [0.29, 0.717) is 0 Å². The fourth-order valence-electron chi connectivity index (χ4n) is 2.95. The number of anilines is 2. The first kappa shape index (κ1) is 18.4. The zero-order valence-electron chi connectivity index (χ0n) is 14.9. The van der Waals surface area contributed by atoms with Gasteiger partial charge in [-0.25, -0.2) is 9.97 Å². The van der Waals surface area contributed by atoms with Crippen LogP contribution in [0.1, 0.15) is 16.7 Å². The number of benzene rings is 2. The molecule has 0 aliphatic heterocycles. The van der Waals surface area contributed by atoms with Gasteiger partial charge < -0.3 is 5.32 Å². The smallest absolute Gasteiger partial charge is 0.143 e. The molecule has 4 aromatic rings. The minimum absolute atomic E-state index is 0. The first-order chi connectivity index (χ1) is 12.1. The number of hydrogen-bond donors (Lipinski definition) is 1. The van der Waals surface area contributed by atoms with Crippen LogP contribution in [0.4, 0.5) is 11.5 Å². The summed E-state index contributed by atoms with van der Waals surface area (Å²) in [5.74, 6) is 0.852. The van der Waals surface area contributed by atoms with Gasteiger partial charge in [0.1, 0.15) is 17.0 Å². The SMILES string of the molecule is Cc1cccc(Nc2ncnc3scc(-c4ccc(C)c(C)c4)c23)c1.Cl. The van der Waals surface area contributed by atoms with Gasteiger partial charge in [-0.3, -0.25) is 0 Å². The number of aromatic nitrogens is 2. The summed E-state index contributed by atoms with van der Waals surface area (Å²) < 4.78 is 0. The van der Waals surface area contributed by atoms with Crippen LogP contribution in [-0.2, 0) is 0 Å². The molecule has 2 aromatic heterocycles. The second kappa shape index (κ2) is 7.44. The molecule has 0 radical (unpaired) electrons. The number of thiophene rings is 1. The van der Waals surface area contributed by atoms with Gasteiger partial charge in [-0.05, 0) is 55.2 Å². The van der Waals surface area contributed by atoms with Crippen LogP contribution in [0, 0.1) is 20.8 Å². The van der Waals surface area contributed by atoms with E-state index in [1.165, 1.54) is 27.8 Å². The van der Waals surface area contributed by atoms with Gasteiger partial charge in [0.2, 0.25) is 0 Å². The normalized spacial score (nSPS) is 10.6. The molecule has 0 saturated carbocycles. The first-order valence-corrected chi connectivity index (χ1v) is 9.13. The van der Waals surface area contributed by atoms with Crippen molar-refractivity contribution >= 4 is 45.5 Å². The number of fused-ring (bicyclic) bond motifs is 1. The average Bonchev–Trinajstić information content (AvgIpc) is 3.03. The maximum Gasteiger partial charge on any atom is 0.143 e. The van der Waals surface area contributed by atoms with Crippen molar-refractivity contribution in [1.82, 2.24) is 9.97 Å². The molecule has 26 heavy (non-hydrogen) atoms. The van der Waals surface area contributed by atoms with Crippen LogP contribution in [0.3, 0.4) is 0 Å². The molecule has 0 aliphatic rings. The van der Waals surface area contributed by atoms with Crippen molar-refractivity contribution in [3.63, 3.8) is 0 Å². The fraction of sp³-hybridized carbons (Fsp3) is 0.143. The Morgan fingerprint density at radius 2 is 1.77 bits per heavy atom. The largest absolute Gasteiger partial charge is 0.340 e. The first-order valence-electron chi connectivity index (χ1n) is 8.25. The van der Waals surface area contributed by atoms with Gasteiger partial charge in [-0.2, -0.15) is 0 Å². The molecule has 5 heteroatoms. The highest BCUT2D eigenvalue weighted by Gasteiger charge is 2.14. The fourth-order valence-corrected chi connectivity index (χ4v) is 3.87. The number of nitrogens with one attached hydrogen (secondary N) is 1.